The summed E-state index contributed by atoms with van der Waals surface area (Å²) in [6, 6.07) is 13.3. The van der Waals surface area contributed by atoms with Crippen LogP contribution < -0.4 is 5.32 Å². The molecule has 124 valence electrons. The maximum absolute atomic E-state index is 12.4. The van der Waals surface area contributed by atoms with Gasteiger partial charge in [-0.1, -0.05) is 18.2 Å². The Kier molecular flexibility index (Phi) is 4.09. The molecule has 3 aromatic rings. The van der Waals surface area contributed by atoms with Crippen LogP contribution in [0.3, 0.4) is 0 Å². The smallest absolute Gasteiger partial charge is 0.287 e. The van der Waals surface area contributed by atoms with Gasteiger partial charge in [0.15, 0.2) is 5.76 Å². The second-order valence-electron chi connectivity index (χ2n) is 6.13. The molecule has 1 fully saturated rings. The average molecular weight is 324 g/mol. The van der Waals surface area contributed by atoms with Gasteiger partial charge >= 0.3 is 0 Å². The molecule has 0 radical (unpaired) electrons. The van der Waals surface area contributed by atoms with Gasteiger partial charge < -0.3 is 14.2 Å². The van der Waals surface area contributed by atoms with Crippen LogP contribution in [0.2, 0.25) is 0 Å². The quantitative estimate of drug-likeness (QED) is 0.779. The van der Waals surface area contributed by atoms with Gasteiger partial charge in [-0.25, -0.2) is 0 Å². The Morgan fingerprint density at radius 2 is 2.00 bits per heavy atom. The predicted octanol–water partition coefficient (Wildman–Crippen LogP) is 3.59. The van der Waals surface area contributed by atoms with Crippen LogP contribution in [0, 0.1) is 0 Å². The van der Waals surface area contributed by atoms with Crippen LogP contribution in [-0.2, 0) is 0 Å². The molecule has 5 heteroatoms. The molecular weight excluding hydrogens is 304 g/mol. The molecule has 1 aliphatic rings. The Morgan fingerprint density at radius 3 is 2.75 bits per heavy atom. The van der Waals surface area contributed by atoms with Gasteiger partial charge in [0.1, 0.15) is 11.3 Å². The molecule has 24 heavy (non-hydrogen) atoms. The van der Waals surface area contributed by atoms with E-state index in [1.54, 1.807) is 12.3 Å². The van der Waals surface area contributed by atoms with Gasteiger partial charge in [-0.3, -0.25) is 9.69 Å². The number of hydrogen-bond donors (Lipinski definition) is 1. The van der Waals surface area contributed by atoms with Crippen LogP contribution in [0.25, 0.3) is 11.0 Å². The van der Waals surface area contributed by atoms with Crippen molar-refractivity contribution in [3.63, 3.8) is 0 Å². The summed E-state index contributed by atoms with van der Waals surface area (Å²) in [5.74, 6) is 1.04. The van der Waals surface area contributed by atoms with Crippen molar-refractivity contribution in [1.82, 2.24) is 10.2 Å². The molecule has 3 heterocycles. The van der Waals surface area contributed by atoms with Gasteiger partial charge in [-0.05, 0) is 50.2 Å². The summed E-state index contributed by atoms with van der Waals surface area (Å²) in [7, 11) is 0. The van der Waals surface area contributed by atoms with Crippen molar-refractivity contribution in [3.8, 4) is 0 Å². The molecule has 0 saturated carbocycles. The minimum Gasteiger partial charge on any atom is -0.468 e. The zero-order chi connectivity index (χ0) is 16.4. The SMILES string of the molecule is O=C(NCC(c1ccco1)N1CCCC1)c1cc2ccccc2o1. The van der Waals surface area contributed by atoms with E-state index in [2.05, 4.69) is 10.2 Å². The standard InChI is InChI=1S/C19H20N2O3/c22-19(18-12-14-6-1-2-7-16(14)24-18)20-13-15(17-8-5-11-23-17)21-9-3-4-10-21/h1-2,5-8,11-12,15H,3-4,9-10,13H2,(H,20,22). The molecule has 1 atom stereocenters. The second-order valence-corrected chi connectivity index (χ2v) is 6.13. The first-order chi connectivity index (χ1) is 11.8. The summed E-state index contributed by atoms with van der Waals surface area (Å²) < 4.78 is 11.2. The van der Waals surface area contributed by atoms with Crippen molar-refractivity contribution in [2.45, 2.75) is 18.9 Å². The summed E-state index contributed by atoms with van der Waals surface area (Å²) >= 11 is 0. The Morgan fingerprint density at radius 1 is 1.17 bits per heavy atom. The fraction of sp³-hybridized carbons (Fsp3) is 0.316. The Balaban J connectivity index is 1.48. The van der Waals surface area contributed by atoms with Crippen molar-refractivity contribution in [3.05, 3.63) is 60.2 Å². The highest BCUT2D eigenvalue weighted by atomic mass is 16.3. The lowest BCUT2D eigenvalue weighted by Crippen LogP contribution is -2.36. The van der Waals surface area contributed by atoms with Crippen molar-refractivity contribution >= 4 is 16.9 Å². The van der Waals surface area contributed by atoms with Crippen molar-refractivity contribution in [2.24, 2.45) is 0 Å². The molecule has 1 aromatic carbocycles. The lowest BCUT2D eigenvalue weighted by atomic mass is 10.2. The van der Waals surface area contributed by atoms with Gasteiger partial charge in [-0.15, -0.1) is 0 Å². The van der Waals surface area contributed by atoms with Gasteiger partial charge in [0, 0.05) is 11.9 Å². The predicted molar refractivity (Wildman–Crippen MR) is 90.8 cm³/mol. The lowest BCUT2D eigenvalue weighted by Gasteiger charge is -2.25. The van der Waals surface area contributed by atoms with Crippen LogP contribution in [0.5, 0.6) is 0 Å². The first-order valence-electron chi connectivity index (χ1n) is 8.35. The maximum atomic E-state index is 12.4. The van der Waals surface area contributed by atoms with Crippen LogP contribution in [0.1, 0.15) is 35.2 Å². The molecule has 5 nitrogen and oxygen atoms in total. The molecule has 1 aliphatic heterocycles. The largest absolute Gasteiger partial charge is 0.468 e. The number of nitrogens with zero attached hydrogens (tertiary/aromatic N) is 1. The molecule has 4 rings (SSSR count). The van der Waals surface area contributed by atoms with E-state index >= 15 is 0 Å². The summed E-state index contributed by atoms with van der Waals surface area (Å²) in [6.07, 6.45) is 4.06. The van der Waals surface area contributed by atoms with Crippen molar-refractivity contribution in [1.29, 1.82) is 0 Å². The van der Waals surface area contributed by atoms with E-state index in [4.69, 9.17) is 8.83 Å². The first kappa shape index (κ1) is 15.0. The molecule has 0 spiro atoms. The minimum atomic E-state index is -0.193. The number of amides is 1. The van der Waals surface area contributed by atoms with Gasteiger partial charge in [0.2, 0.25) is 0 Å². The summed E-state index contributed by atoms with van der Waals surface area (Å²) in [4.78, 5) is 14.8. The number of benzene rings is 1. The Bertz CT molecular complexity index is 783. The fourth-order valence-corrected chi connectivity index (χ4v) is 3.31. The van der Waals surface area contributed by atoms with Crippen molar-refractivity contribution < 1.29 is 13.6 Å². The number of furan rings is 2. The molecule has 0 aliphatic carbocycles. The van der Waals surface area contributed by atoms with Crippen LogP contribution >= 0.6 is 0 Å². The number of para-hydroxylation sites is 1. The highest BCUT2D eigenvalue weighted by Gasteiger charge is 2.26. The molecule has 1 unspecified atom stereocenters. The lowest BCUT2D eigenvalue weighted by molar-refractivity contribution is 0.0908. The summed E-state index contributed by atoms with van der Waals surface area (Å²) in [6.45, 7) is 2.57. The number of rotatable bonds is 5. The summed E-state index contributed by atoms with van der Waals surface area (Å²) in [5, 5.41) is 3.93. The molecule has 0 bridgehead atoms. The maximum Gasteiger partial charge on any atom is 0.287 e. The molecule has 1 amide bonds. The first-order valence-corrected chi connectivity index (χ1v) is 8.35. The number of carbonyl (C=O) groups is 1. The minimum absolute atomic E-state index is 0.0656. The van der Waals surface area contributed by atoms with E-state index in [-0.39, 0.29) is 11.9 Å². The zero-order valence-corrected chi connectivity index (χ0v) is 13.4. The monoisotopic (exact) mass is 324 g/mol. The van der Waals surface area contributed by atoms with E-state index < -0.39 is 0 Å². The number of nitrogens with one attached hydrogen (secondary N) is 1. The van der Waals surface area contributed by atoms with Crippen molar-refractivity contribution in [2.75, 3.05) is 19.6 Å². The van der Waals surface area contributed by atoms with E-state index in [0.29, 0.717) is 12.3 Å². The number of carbonyl (C=O) groups excluding carboxylic acids is 1. The molecular formula is C19H20N2O3. The zero-order valence-electron chi connectivity index (χ0n) is 13.4. The Labute approximate surface area is 140 Å². The average Bonchev–Trinajstić information content (AvgIpc) is 3.35. The molecule has 2 aromatic heterocycles. The topological polar surface area (TPSA) is 58.6 Å². The third-order valence-corrected chi connectivity index (χ3v) is 4.56. The van der Waals surface area contributed by atoms with Crippen LogP contribution in [-0.4, -0.2) is 30.4 Å². The third kappa shape index (κ3) is 2.95. The highest BCUT2D eigenvalue weighted by molar-refractivity contribution is 5.96. The fourth-order valence-electron chi connectivity index (χ4n) is 3.31. The van der Waals surface area contributed by atoms with E-state index in [0.717, 1.165) is 29.8 Å². The number of hydrogen-bond acceptors (Lipinski definition) is 4. The van der Waals surface area contributed by atoms with E-state index in [1.165, 1.54) is 12.8 Å². The second kappa shape index (κ2) is 6.53. The normalized spacial score (nSPS) is 16.5. The van der Waals surface area contributed by atoms with Gasteiger partial charge in [0.05, 0.1) is 12.3 Å². The molecule has 1 saturated heterocycles. The molecule has 1 N–H and O–H groups in total. The van der Waals surface area contributed by atoms with E-state index in [1.807, 2.05) is 36.4 Å². The number of likely N-dealkylation sites (tertiary alicyclic amines) is 1. The highest BCUT2D eigenvalue weighted by Crippen LogP contribution is 2.25. The van der Waals surface area contributed by atoms with E-state index in [9.17, 15) is 4.79 Å². The van der Waals surface area contributed by atoms with Crippen LogP contribution in [0.15, 0.2) is 57.6 Å². The number of fused-ring (bicyclic) bond motifs is 1. The van der Waals surface area contributed by atoms with Gasteiger partial charge in [-0.2, -0.15) is 0 Å². The third-order valence-electron chi connectivity index (χ3n) is 4.56. The van der Waals surface area contributed by atoms with Gasteiger partial charge in [0.25, 0.3) is 5.91 Å². The summed E-state index contributed by atoms with van der Waals surface area (Å²) in [5.41, 5.74) is 0.727. The Hall–Kier alpha value is -2.53. The van der Waals surface area contributed by atoms with Crippen LogP contribution in [0.4, 0.5) is 0 Å².